The fourth-order valence-corrected chi connectivity index (χ4v) is 3.56. The van der Waals surface area contributed by atoms with Crippen molar-refractivity contribution < 1.29 is 4.39 Å². The topological polar surface area (TPSA) is 34.0 Å². The van der Waals surface area contributed by atoms with E-state index in [1.54, 1.807) is 18.5 Å². The summed E-state index contributed by atoms with van der Waals surface area (Å²) in [5.41, 5.74) is 2.35. The van der Waals surface area contributed by atoms with Gasteiger partial charge in [-0.25, -0.2) is 14.1 Å². The summed E-state index contributed by atoms with van der Waals surface area (Å²) >= 11 is 5.92. The first-order valence-corrected chi connectivity index (χ1v) is 9.19. The molecule has 1 aliphatic rings. The lowest BCUT2D eigenvalue weighted by Crippen LogP contribution is -2.33. The van der Waals surface area contributed by atoms with Gasteiger partial charge in [0.25, 0.3) is 0 Å². The van der Waals surface area contributed by atoms with Gasteiger partial charge in [0.15, 0.2) is 0 Å². The van der Waals surface area contributed by atoms with Gasteiger partial charge in [-0.1, -0.05) is 35.9 Å². The Morgan fingerprint density at radius 3 is 2.38 bits per heavy atom. The van der Waals surface area contributed by atoms with Gasteiger partial charge in [0.1, 0.15) is 12.1 Å². The lowest BCUT2D eigenvalue weighted by atomic mass is 9.89. The number of hydrogen-bond donors (Lipinski definition) is 0. The van der Waals surface area contributed by atoms with E-state index in [-0.39, 0.29) is 5.82 Å². The molecular weight excluding hydrogens is 351 g/mol. The Kier molecular flexibility index (Phi) is 4.89. The van der Waals surface area contributed by atoms with Gasteiger partial charge < -0.3 is 4.90 Å². The molecule has 6 heteroatoms. The molecule has 134 valence electrons. The largest absolute Gasteiger partial charge is 0.340 e. The van der Waals surface area contributed by atoms with Gasteiger partial charge in [-0.3, -0.25) is 0 Å². The van der Waals surface area contributed by atoms with E-state index in [9.17, 15) is 4.39 Å². The number of piperidine rings is 1. The minimum absolute atomic E-state index is 0.179. The van der Waals surface area contributed by atoms with Crippen LogP contribution in [0, 0.1) is 5.82 Å². The fraction of sp³-hybridized carbons (Fsp3) is 0.300. The molecule has 0 aliphatic carbocycles. The molecule has 0 atom stereocenters. The van der Waals surface area contributed by atoms with E-state index in [1.165, 1.54) is 5.56 Å². The second kappa shape index (κ2) is 7.46. The molecule has 26 heavy (non-hydrogen) atoms. The second-order valence-electron chi connectivity index (χ2n) is 6.68. The molecule has 2 aromatic carbocycles. The third kappa shape index (κ3) is 3.88. The van der Waals surface area contributed by atoms with Gasteiger partial charge >= 0.3 is 0 Å². The minimum Gasteiger partial charge on any atom is -0.340 e. The van der Waals surface area contributed by atoms with Crippen LogP contribution in [0.15, 0.2) is 54.9 Å². The van der Waals surface area contributed by atoms with E-state index in [4.69, 9.17) is 11.6 Å². The van der Waals surface area contributed by atoms with Gasteiger partial charge in [0, 0.05) is 18.1 Å². The normalized spacial score (nSPS) is 15.4. The molecule has 0 saturated carbocycles. The highest BCUT2D eigenvalue weighted by Gasteiger charge is 2.22. The van der Waals surface area contributed by atoms with Crippen LogP contribution in [-0.2, 0) is 6.54 Å². The quantitative estimate of drug-likeness (QED) is 0.678. The van der Waals surface area contributed by atoms with Crippen molar-refractivity contribution in [3.8, 4) is 0 Å². The first kappa shape index (κ1) is 17.0. The van der Waals surface area contributed by atoms with Crippen LogP contribution in [0.25, 0.3) is 0 Å². The van der Waals surface area contributed by atoms with Crippen LogP contribution in [0.3, 0.4) is 0 Å². The predicted molar refractivity (Wildman–Crippen MR) is 101 cm³/mol. The molecule has 4 nitrogen and oxygen atoms in total. The molecule has 1 fully saturated rings. The maximum absolute atomic E-state index is 13.1. The number of aromatic nitrogens is 3. The van der Waals surface area contributed by atoms with Crippen LogP contribution in [-0.4, -0.2) is 27.9 Å². The highest BCUT2D eigenvalue weighted by atomic mass is 35.5. The third-order valence-electron chi connectivity index (χ3n) is 4.90. The van der Waals surface area contributed by atoms with Crippen molar-refractivity contribution in [2.24, 2.45) is 0 Å². The zero-order chi connectivity index (χ0) is 17.9. The van der Waals surface area contributed by atoms with Crippen LogP contribution >= 0.6 is 11.6 Å². The summed E-state index contributed by atoms with van der Waals surface area (Å²) in [6.07, 6.45) is 3.82. The first-order chi connectivity index (χ1) is 12.7. The van der Waals surface area contributed by atoms with Crippen LogP contribution in [0.2, 0.25) is 5.02 Å². The van der Waals surface area contributed by atoms with Crippen LogP contribution in [0.4, 0.5) is 10.3 Å². The van der Waals surface area contributed by atoms with E-state index in [2.05, 4.69) is 15.0 Å². The minimum atomic E-state index is -0.179. The summed E-state index contributed by atoms with van der Waals surface area (Å²) in [4.78, 5) is 6.69. The number of nitrogens with zero attached hydrogens (tertiary/aromatic N) is 4. The smallest absolute Gasteiger partial charge is 0.244 e. The predicted octanol–water partition coefficient (Wildman–Crippen LogP) is 4.50. The zero-order valence-corrected chi connectivity index (χ0v) is 15.1. The summed E-state index contributed by atoms with van der Waals surface area (Å²) in [7, 11) is 0. The summed E-state index contributed by atoms with van der Waals surface area (Å²) in [6, 6.07) is 14.6. The molecule has 0 unspecified atom stereocenters. The molecule has 0 N–H and O–H groups in total. The molecule has 0 spiro atoms. The Bertz CT molecular complexity index is 852. The molecule has 3 aromatic rings. The summed E-state index contributed by atoms with van der Waals surface area (Å²) < 4.78 is 14.9. The molecule has 0 amide bonds. The van der Waals surface area contributed by atoms with Gasteiger partial charge in [0.2, 0.25) is 5.95 Å². The fourth-order valence-electron chi connectivity index (χ4n) is 3.43. The second-order valence-corrected chi connectivity index (χ2v) is 7.12. The van der Waals surface area contributed by atoms with Gasteiger partial charge in [0.05, 0.1) is 6.54 Å². The van der Waals surface area contributed by atoms with Gasteiger partial charge in [-0.2, -0.15) is 0 Å². The lowest BCUT2D eigenvalue weighted by molar-refractivity contribution is 0.497. The Labute approximate surface area is 157 Å². The van der Waals surface area contributed by atoms with E-state index >= 15 is 0 Å². The highest BCUT2D eigenvalue weighted by Crippen LogP contribution is 2.29. The Morgan fingerprint density at radius 2 is 1.69 bits per heavy atom. The van der Waals surface area contributed by atoms with Crippen LogP contribution < -0.4 is 4.90 Å². The number of halogens is 2. The summed E-state index contributed by atoms with van der Waals surface area (Å²) in [5.74, 6) is 1.07. The third-order valence-corrected chi connectivity index (χ3v) is 5.15. The first-order valence-electron chi connectivity index (χ1n) is 8.82. The molecule has 4 rings (SSSR count). The van der Waals surface area contributed by atoms with Gasteiger partial charge in [-0.05, 0) is 54.2 Å². The van der Waals surface area contributed by atoms with Crippen LogP contribution in [0.5, 0.6) is 0 Å². The Balaban J connectivity index is 1.36. The number of anilines is 1. The lowest BCUT2D eigenvalue weighted by Gasteiger charge is -2.31. The standard InChI is InChI=1S/C20H20ClFN4/c21-18-5-1-15(2-6-18)13-26-14-23-20(24-26)25-11-9-17(10-12-25)16-3-7-19(22)8-4-16/h1-8,14,17H,9-13H2. The zero-order valence-electron chi connectivity index (χ0n) is 14.4. The number of rotatable bonds is 4. The van der Waals surface area contributed by atoms with Crippen molar-refractivity contribution in [2.45, 2.75) is 25.3 Å². The van der Waals surface area contributed by atoms with Crippen molar-refractivity contribution in [3.63, 3.8) is 0 Å². The molecular formula is C20H20ClFN4. The molecule has 1 aliphatic heterocycles. The molecule has 1 aromatic heterocycles. The van der Waals surface area contributed by atoms with E-state index in [1.807, 2.05) is 41.1 Å². The maximum Gasteiger partial charge on any atom is 0.244 e. The number of benzene rings is 2. The average Bonchev–Trinajstić information content (AvgIpc) is 3.13. The van der Waals surface area contributed by atoms with Crippen molar-refractivity contribution >= 4 is 17.5 Å². The van der Waals surface area contributed by atoms with E-state index < -0.39 is 0 Å². The SMILES string of the molecule is Fc1ccc(C2CCN(c3ncn(Cc4ccc(Cl)cc4)n3)CC2)cc1. The maximum atomic E-state index is 13.1. The molecule has 2 heterocycles. The molecule has 0 bridgehead atoms. The average molecular weight is 371 g/mol. The van der Waals surface area contributed by atoms with Crippen molar-refractivity contribution in [2.75, 3.05) is 18.0 Å². The van der Waals surface area contributed by atoms with Crippen molar-refractivity contribution in [1.82, 2.24) is 14.8 Å². The Morgan fingerprint density at radius 1 is 1.00 bits per heavy atom. The monoisotopic (exact) mass is 370 g/mol. The molecule has 0 radical (unpaired) electrons. The van der Waals surface area contributed by atoms with Crippen molar-refractivity contribution in [3.05, 3.63) is 76.8 Å². The summed E-state index contributed by atoms with van der Waals surface area (Å²) in [5, 5.41) is 5.34. The van der Waals surface area contributed by atoms with E-state index in [0.29, 0.717) is 12.5 Å². The molecule has 1 saturated heterocycles. The van der Waals surface area contributed by atoms with Crippen molar-refractivity contribution in [1.29, 1.82) is 0 Å². The highest BCUT2D eigenvalue weighted by molar-refractivity contribution is 6.30. The van der Waals surface area contributed by atoms with E-state index in [0.717, 1.165) is 42.5 Å². The summed E-state index contributed by atoms with van der Waals surface area (Å²) in [6.45, 7) is 2.50. The number of hydrogen-bond acceptors (Lipinski definition) is 3. The Hall–Kier alpha value is -2.40. The van der Waals surface area contributed by atoms with Gasteiger partial charge in [-0.15, -0.1) is 5.10 Å². The van der Waals surface area contributed by atoms with Crippen LogP contribution in [0.1, 0.15) is 29.9 Å².